The molecule has 128 valence electrons. The molecule has 0 radical (unpaired) electrons. The maximum Gasteiger partial charge on any atom is 0.244 e. The van der Waals surface area contributed by atoms with E-state index < -0.39 is 0 Å². The van der Waals surface area contributed by atoms with Crippen molar-refractivity contribution in [3.63, 3.8) is 0 Å². The lowest BCUT2D eigenvalue weighted by Gasteiger charge is -2.10. The molecule has 6 heteroatoms. The highest BCUT2D eigenvalue weighted by molar-refractivity contribution is 5.57. The van der Waals surface area contributed by atoms with Crippen molar-refractivity contribution in [2.75, 3.05) is 17.2 Å². The molecule has 0 aliphatic carbocycles. The second-order valence-electron chi connectivity index (χ2n) is 6.00. The predicted octanol–water partition coefficient (Wildman–Crippen LogP) is 4.48. The summed E-state index contributed by atoms with van der Waals surface area (Å²) in [6.07, 6.45) is 1.59. The first-order valence-corrected chi connectivity index (χ1v) is 8.22. The van der Waals surface area contributed by atoms with Crippen molar-refractivity contribution < 1.29 is 4.74 Å². The summed E-state index contributed by atoms with van der Waals surface area (Å²) in [5.41, 5.74) is 0.899. The van der Waals surface area contributed by atoms with Crippen LogP contribution < -0.4 is 15.4 Å². The van der Waals surface area contributed by atoms with Crippen molar-refractivity contribution in [1.29, 1.82) is 0 Å². The SMILES string of the molecule is CC(C)CNc1nncc(Nc2ccc(Oc3ccccc3)cc2)n1. The summed E-state index contributed by atoms with van der Waals surface area (Å²) in [6, 6.07) is 17.4. The number of nitrogens with one attached hydrogen (secondary N) is 2. The number of benzene rings is 2. The topological polar surface area (TPSA) is 72.0 Å². The molecule has 0 spiro atoms. The third-order valence-electron chi connectivity index (χ3n) is 3.33. The lowest BCUT2D eigenvalue weighted by Crippen LogP contribution is -2.11. The first kappa shape index (κ1) is 16.7. The standard InChI is InChI=1S/C19H21N5O/c1-14(2)12-20-19-23-18(13-21-24-19)22-15-8-10-17(11-9-15)25-16-6-4-3-5-7-16/h3-11,13-14H,12H2,1-2H3,(H2,20,22,23,24). The number of rotatable bonds is 7. The Kier molecular flexibility index (Phi) is 5.41. The minimum absolute atomic E-state index is 0.511. The summed E-state index contributed by atoms with van der Waals surface area (Å²) in [6.45, 7) is 5.06. The third kappa shape index (κ3) is 5.17. The lowest BCUT2D eigenvalue weighted by molar-refractivity contribution is 0.483. The van der Waals surface area contributed by atoms with Crippen molar-refractivity contribution in [3.05, 3.63) is 60.8 Å². The largest absolute Gasteiger partial charge is 0.457 e. The van der Waals surface area contributed by atoms with Gasteiger partial charge < -0.3 is 15.4 Å². The first-order valence-electron chi connectivity index (χ1n) is 8.22. The van der Waals surface area contributed by atoms with Crippen LogP contribution in [0.2, 0.25) is 0 Å². The van der Waals surface area contributed by atoms with Gasteiger partial charge in [0, 0.05) is 12.2 Å². The van der Waals surface area contributed by atoms with E-state index in [-0.39, 0.29) is 0 Å². The molecule has 1 aromatic heterocycles. The van der Waals surface area contributed by atoms with E-state index in [1.807, 2.05) is 54.6 Å². The fraction of sp³-hybridized carbons (Fsp3) is 0.211. The Morgan fingerprint density at radius 3 is 2.40 bits per heavy atom. The Balaban J connectivity index is 1.62. The quantitative estimate of drug-likeness (QED) is 0.663. The molecule has 3 aromatic rings. The summed E-state index contributed by atoms with van der Waals surface area (Å²) in [4.78, 5) is 4.40. The van der Waals surface area contributed by atoms with Gasteiger partial charge in [-0.15, -0.1) is 5.10 Å². The van der Waals surface area contributed by atoms with Crippen molar-refractivity contribution in [2.24, 2.45) is 5.92 Å². The van der Waals surface area contributed by atoms with Crippen LogP contribution in [0, 0.1) is 5.92 Å². The van der Waals surface area contributed by atoms with Gasteiger partial charge in [0.25, 0.3) is 0 Å². The van der Waals surface area contributed by atoms with Crippen LogP contribution in [0.1, 0.15) is 13.8 Å². The highest BCUT2D eigenvalue weighted by Crippen LogP contribution is 2.23. The number of para-hydroxylation sites is 1. The van der Waals surface area contributed by atoms with Gasteiger partial charge in [-0.1, -0.05) is 32.0 Å². The van der Waals surface area contributed by atoms with Gasteiger partial charge >= 0.3 is 0 Å². The number of aromatic nitrogens is 3. The van der Waals surface area contributed by atoms with Crippen molar-refractivity contribution >= 4 is 17.5 Å². The van der Waals surface area contributed by atoms with Crippen LogP contribution in [0.25, 0.3) is 0 Å². The monoisotopic (exact) mass is 335 g/mol. The molecule has 0 amide bonds. The molecule has 0 aliphatic heterocycles. The Hall–Kier alpha value is -3.15. The maximum atomic E-state index is 5.78. The molecule has 3 rings (SSSR count). The highest BCUT2D eigenvalue weighted by Gasteiger charge is 2.03. The molecule has 2 aromatic carbocycles. The molecule has 0 saturated carbocycles. The van der Waals surface area contributed by atoms with Crippen molar-refractivity contribution in [1.82, 2.24) is 15.2 Å². The normalized spacial score (nSPS) is 10.5. The Morgan fingerprint density at radius 1 is 0.960 bits per heavy atom. The summed E-state index contributed by atoms with van der Waals surface area (Å²) >= 11 is 0. The smallest absolute Gasteiger partial charge is 0.244 e. The number of hydrogen-bond donors (Lipinski definition) is 2. The Morgan fingerprint density at radius 2 is 1.68 bits per heavy atom. The number of nitrogens with zero attached hydrogens (tertiary/aromatic N) is 3. The molecular formula is C19H21N5O. The zero-order valence-corrected chi connectivity index (χ0v) is 14.3. The fourth-order valence-electron chi connectivity index (χ4n) is 2.11. The first-order chi connectivity index (χ1) is 12.2. The fourth-order valence-corrected chi connectivity index (χ4v) is 2.11. The molecule has 0 aliphatic rings. The summed E-state index contributed by atoms with van der Waals surface area (Å²) in [5, 5.41) is 14.3. The third-order valence-corrected chi connectivity index (χ3v) is 3.33. The van der Waals surface area contributed by atoms with Crippen LogP contribution >= 0.6 is 0 Å². The van der Waals surface area contributed by atoms with Gasteiger partial charge in [-0.3, -0.25) is 0 Å². The van der Waals surface area contributed by atoms with E-state index in [0.29, 0.717) is 17.7 Å². The summed E-state index contributed by atoms with van der Waals surface area (Å²) < 4.78 is 5.78. The molecule has 25 heavy (non-hydrogen) atoms. The van der Waals surface area contributed by atoms with Gasteiger partial charge in [-0.05, 0) is 42.3 Å². The molecule has 1 heterocycles. The van der Waals surface area contributed by atoms with Gasteiger partial charge in [0.15, 0.2) is 5.82 Å². The number of hydrogen-bond acceptors (Lipinski definition) is 6. The molecule has 0 atom stereocenters. The van der Waals surface area contributed by atoms with Gasteiger partial charge in [-0.25, -0.2) is 0 Å². The molecular weight excluding hydrogens is 314 g/mol. The molecule has 6 nitrogen and oxygen atoms in total. The zero-order valence-electron chi connectivity index (χ0n) is 14.3. The van der Waals surface area contributed by atoms with E-state index in [1.54, 1.807) is 6.20 Å². The average Bonchev–Trinajstić information content (AvgIpc) is 2.63. The number of anilines is 3. The Bertz CT molecular complexity index is 790. The number of ether oxygens (including phenoxy) is 1. The van der Waals surface area contributed by atoms with Crippen molar-refractivity contribution in [2.45, 2.75) is 13.8 Å². The minimum atomic E-state index is 0.511. The molecule has 2 N–H and O–H groups in total. The Labute approximate surface area is 147 Å². The summed E-state index contributed by atoms with van der Waals surface area (Å²) in [5.74, 6) is 3.25. The van der Waals surface area contributed by atoms with Crippen LogP contribution in [0.5, 0.6) is 11.5 Å². The zero-order chi connectivity index (χ0) is 17.5. The van der Waals surface area contributed by atoms with Gasteiger partial charge in [0.05, 0.1) is 6.20 Å². The average molecular weight is 335 g/mol. The van der Waals surface area contributed by atoms with E-state index in [4.69, 9.17) is 4.74 Å². The predicted molar refractivity (Wildman–Crippen MR) is 99.4 cm³/mol. The van der Waals surface area contributed by atoms with Gasteiger partial charge in [-0.2, -0.15) is 10.1 Å². The molecule has 0 bridgehead atoms. The van der Waals surface area contributed by atoms with Crippen LogP contribution in [0.4, 0.5) is 17.5 Å². The van der Waals surface area contributed by atoms with Crippen LogP contribution in [-0.4, -0.2) is 21.7 Å². The maximum absolute atomic E-state index is 5.78. The van der Waals surface area contributed by atoms with Gasteiger partial charge in [0.2, 0.25) is 5.95 Å². The van der Waals surface area contributed by atoms with E-state index >= 15 is 0 Å². The molecule has 0 saturated heterocycles. The second kappa shape index (κ2) is 8.10. The molecule has 0 fully saturated rings. The minimum Gasteiger partial charge on any atom is -0.457 e. The lowest BCUT2D eigenvalue weighted by atomic mass is 10.2. The highest BCUT2D eigenvalue weighted by atomic mass is 16.5. The van der Waals surface area contributed by atoms with Crippen LogP contribution in [0.3, 0.4) is 0 Å². The van der Waals surface area contributed by atoms with E-state index in [0.717, 1.165) is 23.7 Å². The van der Waals surface area contributed by atoms with Crippen LogP contribution in [0.15, 0.2) is 60.8 Å². The second-order valence-corrected chi connectivity index (χ2v) is 6.00. The molecule has 0 unspecified atom stereocenters. The van der Waals surface area contributed by atoms with E-state index in [9.17, 15) is 0 Å². The van der Waals surface area contributed by atoms with Gasteiger partial charge in [0.1, 0.15) is 11.5 Å². The van der Waals surface area contributed by atoms with Crippen LogP contribution in [-0.2, 0) is 0 Å². The van der Waals surface area contributed by atoms with E-state index in [1.165, 1.54) is 0 Å². The van der Waals surface area contributed by atoms with Crippen molar-refractivity contribution in [3.8, 4) is 11.5 Å². The van der Waals surface area contributed by atoms with E-state index in [2.05, 4.69) is 39.7 Å². The summed E-state index contributed by atoms with van der Waals surface area (Å²) in [7, 11) is 0.